The van der Waals surface area contributed by atoms with Crippen molar-refractivity contribution in [1.82, 2.24) is 9.97 Å². The zero-order chi connectivity index (χ0) is 20.5. The highest BCUT2D eigenvalue weighted by Crippen LogP contribution is 2.41. The van der Waals surface area contributed by atoms with Crippen LogP contribution in [0, 0.1) is 6.92 Å². The predicted octanol–water partition coefficient (Wildman–Crippen LogP) is 7.73. The quantitative estimate of drug-likeness (QED) is 0.264. The van der Waals surface area contributed by atoms with Crippen LogP contribution in [0.4, 0.5) is 0 Å². The molecule has 4 aromatic rings. The Bertz CT molecular complexity index is 1200. The van der Waals surface area contributed by atoms with Crippen molar-refractivity contribution in [3.05, 3.63) is 74.8 Å². The van der Waals surface area contributed by atoms with Gasteiger partial charge >= 0.3 is 0 Å². The lowest BCUT2D eigenvalue weighted by Gasteiger charge is -2.13. The summed E-state index contributed by atoms with van der Waals surface area (Å²) >= 11 is 7.06. The molecule has 6 heteroatoms. The molecular weight excluding hydrogens is 476 g/mol. The van der Waals surface area contributed by atoms with E-state index in [2.05, 4.69) is 59.3 Å². The van der Waals surface area contributed by atoms with Crippen molar-refractivity contribution in [3.8, 4) is 11.6 Å². The van der Waals surface area contributed by atoms with E-state index >= 15 is 0 Å². The van der Waals surface area contributed by atoms with E-state index in [1.807, 2.05) is 23.5 Å². The minimum atomic E-state index is 0.705. The highest BCUT2D eigenvalue weighted by molar-refractivity contribution is 9.10. The first-order valence-electron chi connectivity index (χ1n) is 10.1. The number of fused-ring (bicyclic) bond motifs is 3. The number of thioether (sulfide) groups is 1. The van der Waals surface area contributed by atoms with Crippen molar-refractivity contribution in [3.63, 3.8) is 0 Å². The molecule has 1 aliphatic carbocycles. The van der Waals surface area contributed by atoms with Gasteiger partial charge in [-0.15, -0.1) is 23.1 Å². The van der Waals surface area contributed by atoms with Crippen LogP contribution >= 0.6 is 39.0 Å². The zero-order valence-electron chi connectivity index (χ0n) is 16.7. The van der Waals surface area contributed by atoms with Crippen LogP contribution in [0.5, 0.6) is 11.6 Å². The van der Waals surface area contributed by atoms with Crippen LogP contribution in [0.3, 0.4) is 0 Å². The lowest BCUT2D eigenvalue weighted by Crippen LogP contribution is -2.01. The standard InChI is InChI=1S/C24H21BrN2OS2/c1-15-5-4-6-17(13-15)28-23-22-19-7-2-3-8-20(19)30-24(22)27-21(26-23)14-29-18-11-9-16(25)10-12-18/h4-6,9-13H,2-3,7-8,14H2,1H3. The first kappa shape index (κ1) is 20.0. The van der Waals surface area contributed by atoms with Crippen LogP contribution < -0.4 is 4.74 Å². The first-order valence-corrected chi connectivity index (χ1v) is 12.7. The minimum absolute atomic E-state index is 0.705. The summed E-state index contributed by atoms with van der Waals surface area (Å²) in [6.45, 7) is 2.08. The predicted molar refractivity (Wildman–Crippen MR) is 129 cm³/mol. The molecule has 0 unspecified atom stereocenters. The van der Waals surface area contributed by atoms with Gasteiger partial charge in [-0.2, -0.15) is 4.98 Å². The number of rotatable bonds is 5. The van der Waals surface area contributed by atoms with Gasteiger partial charge in [-0.1, -0.05) is 28.1 Å². The summed E-state index contributed by atoms with van der Waals surface area (Å²) in [5.41, 5.74) is 2.58. The van der Waals surface area contributed by atoms with E-state index in [0.29, 0.717) is 11.6 Å². The van der Waals surface area contributed by atoms with Crippen LogP contribution in [-0.2, 0) is 18.6 Å². The molecule has 1 aliphatic rings. The summed E-state index contributed by atoms with van der Waals surface area (Å²) in [6, 6.07) is 16.5. The van der Waals surface area contributed by atoms with Gasteiger partial charge in [0.15, 0.2) is 0 Å². The summed E-state index contributed by atoms with van der Waals surface area (Å²) in [7, 11) is 0. The summed E-state index contributed by atoms with van der Waals surface area (Å²) in [4.78, 5) is 13.5. The maximum Gasteiger partial charge on any atom is 0.231 e. The summed E-state index contributed by atoms with van der Waals surface area (Å²) < 4.78 is 7.43. The normalized spacial score (nSPS) is 13.4. The van der Waals surface area contributed by atoms with Gasteiger partial charge in [0.1, 0.15) is 16.4 Å². The van der Waals surface area contributed by atoms with Crippen LogP contribution in [0.15, 0.2) is 57.9 Å². The molecule has 2 heterocycles. The van der Waals surface area contributed by atoms with Crippen LogP contribution in [0.1, 0.15) is 34.7 Å². The van der Waals surface area contributed by atoms with Gasteiger partial charge in [-0.3, -0.25) is 0 Å². The molecule has 0 spiro atoms. The summed E-state index contributed by atoms with van der Waals surface area (Å²) in [5.74, 6) is 3.06. The van der Waals surface area contributed by atoms with Crippen molar-refractivity contribution in [2.75, 3.05) is 0 Å². The second-order valence-corrected chi connectivity index (χ2v) is 10.5. The molecule has 30 heavy (non-hydrogen) atoms. The van der Waals surface area contributed by atoms with Crippen molar-refractivity contribution in [2.45, 2.75) is 43.3 Å². The molecule has 0 radical (unpaired) electrons. The molecule has 0 atom stereocenters. The fourth-order valence-corrected chi connectivity index (χ4v) is 6.06. The number of ether oxygens (including phenoxy) is 1. The van der Waals surface area contributed by atoms with Gasteiger partial charge in [-0.05, 0) is 80.1 Å². The van der Waals surface area contributed by atoms with Crippen molar-refractivity contribution < 1.29 is 4.74 Å². The van der Waals surface area contributed by atoms with Gasteiger partial charge in [-0.25, -0.2) is 4.98 Å². The molecule has 5 rings (SSSR count). The third-order valence-electron chi connectivity index (χ3n) is 5.21. The smallest absolute Gasteiger partial charge is 0.231 e. The lowest BCUT2D eigenvalue weighted by atomic mass is 9.97. The molecule has 2 aromatic carbocycles. The Balaban J connectivity index is 1.52. The highest BCUT2D eigenvalue weighted by Gasteiger charge is 2.22. The van der Waals surface area contributed by atoms with Crippen LogP contribution in [0.2, 0.25) is 0 Å². The molecule has 0 N–H and O–H groups in total. The van der Waals surface area contributed by atoms with E-state index in [0.717, 1.165) is 39.1 Å². The van der Waals surface area contributed by atoms with E-state index in [1.165, 1.54) is 33.7 Å². The van der Waals surface area contributed by atoms with Crippen LogP contribution in [0.25, 0.3) is 10.2 Å². The largest absolute Gasteiger partial charge is 0.438 e. The first-order chi connectivity index (χ1) is 14.7. The van der Waals surface area contributed by atoms with E-state index in [-0.39, 0.29) is 0 Å². The maximum absolute atomic E-state index is 6.35. The Morgan fingerprint density at radius 1 is 1.07 bits per heavy atom. The van der Waals surface area contributed by atoms with Gasteiger partial charge < -0.3 is 4.74 Å². The van der Waals surface area contributed by atoms with Gasteiger partial charge in [0.2, 0.25) is 5.88 Å². The van der Waals surface area contributed by atoms with Gasteiger partial charge in [0.25, 0.3) is 0 Å². The highest BCUT2D eigenvalue weighted by atomic mass is 79.9. The fourth-order valence-electron chi connectivity index (χ4n) is 3.77. The van der Waals surface area contributed by atoms with Crippen molar-refractivity contribution >= 4 is 49.2 Å². The number of aromatic nitrogens is 2. The summed E-state index contributed by atoms with van der Waals surface area (Å²) in [5, 5.41) is 1.12. The zero-order valence-corrected chi connectivity index (χ0v) is 19.9. The van der Waals surface area contributed by atoms with E-state index in [4.69, 9.17) is 14.7 Å². The van der Waals surface area contributed by atoms with Gasteiger partial charge in [0.05, 0.1) is 11.1 Å². The lowest BCUT2D eigenvalue weighted by molar-refractivity contribution is 0.465. The number of thiophene rings is 1. The molecular formula is C24H21BrN2OS2. The molecule has 0 saturated heterocycles. The third kappa shape index (κ3) is 4.27. The second kappa shape index (κ2) is 8.69. The average molecular weight is 497 g/mol. The maximum atomic E-state index is 6.35. The molecule has 0 bridgehead atoms. The molecule has 2 aromatic heterocycles. The molecule has 0 fully saturated rings. The monoisotopic (exact) mass is 496 g/mol. The Kier molecular flexibility index (Phi) is 5.81. The Labute approximate surface area is 193 Å². The van der Waals surface area contributed by atoms with Crippen LogP contribution in [-0.4, -0.2) is 9.97 Å². The van der Waals surface area contributed by atoms with E-state index < -0.39 is 0 Å². The number of benzene rings is 2. The molecule has 3 nitrogen and oxygen atoms in total. The van der Waals surface area contributed by atoms with E-state index in [1.54, 1.807) is 11.8 Å². The Hall–Kier alpha value is -1.89. The van der Waals surface area contributed by atoms with Crippen molar-refractivity contribution in [2.24, 2.45) is 0 Å². The number of hydrogen-bond donors (Lipinski definition) is 0. The fraction of sp³-hybridized carbons (Fsp3) is 0.250. The van der Waals surface area contributed by atoms with Gasteiger partial charge in [0, 0.05) is 14.2 Å². The molecule has 0 saturated carbocycles. The SMILES string of the molecule is Cc1cccc(Oc2nc(CSc3ccc(Br)cc3)nc3sc4c(c23)CCCC4)c1. The average Bonchev–Trinajstić information content (AvgIpc) is 3.12. The topological polar surface area (TPSA) is 35.0 Å². The number of aryl methyl sites for hydroxylation is 3. The Morgan fingerprint density at radius 3 is 2.73 bits per heavy atom. The molecule has 0 aliphatic heterocycles. The second-order valence-electron chi connectivity index (χ2n) is 7.50. The number of nitrogens with zero attached hydrogens (tertiary/aromatic N) is 2. The molecule has 0 amide bonds. The van der Waals surface area contributed by atoms with E-state index in [9.17, 15) is 0 Å². The third-order valence-corrected chi connectivity index (χ3v) is 7.94. The number of hydrogen-bond acceptors (Lipinski definition) is 5. The minimum Gasteiger partial charge on any atom is -0.438 e. The number of halogens is 1. The van der Waals surface area contributed by atoms with Crippen molar-refractivity contribution in [1.29, 1.82) is 0 Å². The summed E-state index contributed by atoms with van der Waals surface area (Å²) in [6.07, 6.45) is 4.72. The molecule has 152 valence electrons. The Morgan fingerprint density at radius 2 is 1.90 bits per heavy atom.